The van der Waals surface area contributed by atoms with Crippen LogP contribution in [0, 0.1) is 0 Å². The molecular weight excluding hydrogens is 220 g/mol. The largest absolute Gasteiger partial charge is 0.394 e. The van der Waals surface area contributed by atoms with Crippen molar-refractivity contribution in [2.24, 2.45) is 0 Å². The molecule has 2 atom stereocenters. The molecule has 17 heavy (non-hydrogen) atoms. The lowest BCUT2D eigenvalue weighted by Gasteiger charge is -2.37. The van der Waals surface area contributed by atoms with Crippen LogP contribution >= 0.6 is 0 Å². The summed E-state index contributed by atoms with van der Waals surface area (Å²) in [4.78, 5) is 6.55. The van der Waals surface area contributed by atoms with E-state index in [4.69, 9.17) is 9.84 Å². The zero-order valence-corrected chi connectivity index (χ0v) is 10.4. The van der Waals surface area contributed by atoms with Crippen molar-refractivity contribution in [3.8, 4) is 0 Å². The van der Waals surface area contributed by atoms with E-state index in [0.29, 0.717) is 12.6 Å². The maximum atomic E-state index is 9.14. The maximum absolute atomic E-state index is 9.14. The molecule has 0 saturated carbocycles. The number of hydrogen-bond donors (Lipinski definition) is 1. The van der Waals surface area contributed by atoms with Crippen molar-refractivity contribution in [1.82, 2.24) is 19.7 Å². The Labute approximate surface area is 101 Å². The van der Waals surface area contributed by atoms with E-state index in [-0.39, 0.29) is 12.7 Å². The quantitative estimate of drug-likeness (QED) is 0.795. The molecule has 0 aliphatic carbocycles. The van der Waals surface area contributed by atoms with Gasteiger partial charge in [0.2, 0.25) is 0 Å². The lowest BCUT2D eigenvalue weighted by Crippen LogP contribution is -2.49. The molecule has 0 radical (unpaired) electrons. The molecule has 6 nitrogen and oxygen atoms in total. The Morgan fingerprint density at radius 1 is 1.59 bits per heavy atom. The number of rotatable bonds is 4. The molecule has 1 aliphatic heterocycles. The average Bonchev–Trinajstić information content (AvgIpc) is 2.79. The minimum absolute atomic E-state index is 0.0731. The van der Waals surface area contributed by atoms with Crippen molar-refractivity contribution in [1.29, 1.82) is 0 Å². The van der Waals surface area contributed by atoms with Crippen molar-refractivity contribution in [3.05, 3.63) is 12.2 Å². The molecule has 2 unspecified atom stereocenters. The highest BCUT2D eigenvalue weighted by Gasteiger charge is 2.26. The molecule has 1 aromatic heterocycles. The van der Waals surface area contributed by atoms with Gasteiger partial charge in [0.05, 0.1) is 25.9 Å². The van der Waals surface area contributed by atoms with Crippen LogP contribution in [-0.2, 0) is 17.8 Å². The molecule has 0 amide bonds. The molecule has 6 heteroatoms. The van der Waals surface area contributed by atoms with Crippen molar-refractivity contribution in [2.75, 3.05) is 19.8 Å². The summed E-state index contributed by atoms with van der Waals surface area (Å²) in [5.41, 5.74) is 0. The van der Waals surface area contributed by atoms with Crippen molar-refractivity contribution < 1.29 is 9.84 Å². The van der Waals surface area contributed by atoms with Crippen LogP contribution in [0.2, 0.25) is 0 Å². The molecule has 1 saturated heterocycles. The van der Waals surface area contributed by atoms with Gasteiger partial charge in [-0.15, -0.1) is 0 Å². The first kappa shape index (κ1) is 12.5. The van der Waals surface area contributed by atoms with E-state index in [0.717, 1.165) is 25.5 Å². The molecule has 1 aliphatic rings. The van der Waals surface area contributed by atoms with Gasteiger partial charge in [-0.3, -0.25) is 4.90 Å². The van der Waals surface area contributed by atoms with Gasteiger partial charge in [0.1, 0.15) is 12.2 Å². The summed E-state index contributed by atoms with van der Waals surface area (Å²) in [5, 5.41) is 13.3. The van der Waals surface area contributed by atoms with E-state index >= 15 is 0 Å². The second-order valence-electron chi connectivity index (χ2n) is 4.41. The minimum atomic E-state index is -0.0794. The van der Waals surface area contributed by atoms with Gasteiger partial charge in [-0.1, -0.05) is 0 Å². The van der Waals surface area contributed by atoms with Crippen LogP contribution in [0.4, 0.5) is 0 Å². The molecule has 1 fully saturated rings. The van der Waals surface area contributed by atoms with Gasteiger partial charge in [-0.2, -0.15) is 5.10 Å². The fourth-order valence-electron chi connectivity index (χ4n) is 2.06. The topological polar surface area (TPSA) is 63.4 Å². The maximum Gasteiger partial charge on any atom is 0.141 e. The number of ether oxygens (including phenoxy) is 1. The molecule has 0 spiro atoms. The highest BCUT2D eigenvalue weighted by atomic mass is 16.5. The highest BCUT2D eigenvalue weighted by Crippen LogP contribution is 2.14. The molecule has 0 bridgehead atoms. The number of aromatic nitrogens is 3. The number of nitrogens with zero attached hydrogens (tertiary/aromatic N) is 4. The van der Waals surface area contributed by atoms with Gasteiger partial charge >= 0.3 is 0 Å². The Bertz CT molecular complexity index is 355. The second kappa shape index (κ2) is 5.57. The lowest BCUT2D eigenvalue weighted by atomic mass is 10.2. The standard InChI is InChI=1S/C11H20N4O2/c1-3-15-11(12-8-13-15)5-14-4-10(6-16)17-7-9(14)2/h8-10,16H,3-7H2,1-2H3. The summed E-state index contributed by atoms with van der Waals surface area (Å²) in [6, 6.07) is 0.347. The van der Waals surface area contributed by atoms with Crippen molar-refractivity contribution >= 4 is 0 Å². The van der Waals surface area contributed by atoms with E-state index in [1.54, 1.807) is 6.33 Å². The number of morpholine rings is 1. The first-order valence-corrected chi connectivity index (χ1v) is 6.07. The zero-order chi connectivity index (χ0) is 12.3. The zero-order valence-electron chi connectivity index (χ0n) is 10.4. The van der Waals surface area contributed by atoms with E-state index < -0.39 is 0 Å². The van der Waals surface area contributed by atoms with Crippen molar-refractivity contribution in [2.45, 2.75) is 39.1 Å². The first-order valence-electron chi connectivity index (χ1n) is 6.07. The van der Waals surface area contributed by atoms with Gasteiger partial charge < -0.3 is 9.84 Å². The van der Waals surface area contributed by atoms with Crippen LogP contribution in [0.1, 0.15) is 19.7 Å². The predicted molar refractivity (Wildman–Crippen MR) is 62.4 cm³/mol. The summed E-state index contributed by atoms with van der Waals surface area (Å²) < 4.78 is 7.41. The summed E-state index contributed by atoms with van der Waals surface area (Å²) >= 11 is 0. The van der Waals surface area contributed by atoms with Crippen LogP contribution in [0.25, 0.3) is 0 Å². The minimum Gasteiger partial charge on any atom is -0.394 e. The van der Waals surface area contributed by atoms with Gasteiger partial charge in [-0.25, -0.2) is 9.67 Å². The first-order chi connectivity index (χ1) is 8.24. The Morgan fingerprint density at radius 2 is 2.41 bits per heavy atom. The van der Waals surface area contributed by atoms with Crippen LogP contribution in [0.5, 0.6) is 0 Å². The smallest absolute Gasteiger partial charge is 0.141 e. The van der Waals surface area contributed by atoms with Crippen LogP contribution < -0.4 is 0 Å². The molecule has 96 valence electrons. The molecule has 0 aromatic carbocycles. The Balaban J connectivity index is 2.01. The summed E-state index contributed by atoms with van der Waals surface area (Å²) in [6.07, 6.45) is 1.51. The fraction of sp³-hybridized carbons (Fsp3) is 0.818. The number of aliphatic hydroxyl groups excluding tert-OH is 1. The third-order valence-electron chi connectivity index (χ3n) is 3.18. The molecular formula is C11H20N4O2. The molecule has 1 aromatic rings. The van der Waals surface area contributed by atoms with Gasteiger partial charge in [0, 0.05) is 19.1 Å². The summed E-state index contributed by atoms with van der Waals surface area (Å²) in [5.74, 6) is 0.970. The van der Waals surface area contributed by atoms with Gasteiger partial charge in [-0.05, 0) is 13.8 Å². The van der Waals surface area contributed by atoms with E-state index in [1.807, 2.05) is 4.68 Å². The van der Waals surface area contributed by atoms with Gasteiger partial charge in [0.25, 0.3) is 0 Å². The Kier molecular flexibility index (Phi) is 4.09. The predicted octanol–water partition coefficient (Wildman–Crippen LogP) is -0.120. The summed E-state index contributed by atoms with van der Waals surface area (Å²) in [6.45, 7) is 7.24. The van der Waals surface area contributed by atoms with Crippen LogP contribution in [-0.4, -0.2) is 56.7 Å². The van der Waals surface area contributed by atoms with Crippen LogP contribution in [0.15, 0.2) is 6.33 Å². The Morgan fingerprint density at radius 3 is 3.12 bits per heavy atom. The van der Waals surface area contributed by atoms with E-state index in [1.165, 1.54) is 0 Å². The van der Waals surface area contributed by atoms with E-state index in [2.05, 4.69) is 28.8 Å². The van der Waals surface area contributed by atoms with Gasteiger partial charge in [0.15, 0.2) is 0 Å². The highest BCUT2D eigenvalue weighted by molar-refractivity contribution is 4.88. The third-order valence-corrected chi connectivity index (χ3v) is 3.18. The SMILES string of the molecule is CCn1ncnc1CN1CC(CO)OCC1C. The van der Waals surface area contributed by atoms with E-state index in [9.17, 15) is 0 Å². The molecule has 2 heterocycles. The second-order valence-corrected chi connectivity index (χ2v) is 4.41. The van der Waals surface area contributed by atoms with Crippen LogP contribution in [0.3, 0.4) is 0 Å². The normalized spacial score (nSPS) is 26.3. The third kappa shape index (κ3) is 2.83. The average molecular weight is 240 g/mol. The fourth-order valence-corrected chi connectivity index (χ4v) is 2.06. The molecule has 1 N–H and O–H groups in total. The lowest BCUT2D eigenvalue weighted by molar-refractivity contribution is -0.0814. The van der Waals surface area contributed by atoms with Crippen molar-refractivity contribution in [3.63, 3.8) is 0 Å². The molecule has 2 rings (SSSR count). The summed E-state index contributed by atoms with van der Waals surface area (Å²) in [7, 11) is 0. The number of hydrogen-bond acceptors (Lipinski definition) is 5. The number of aliphatic hydroxyl groups is 1. The monoisotopic (exact) mass is 240 g/mol. The Hall–Kier alpha value is -0.980. The number of aryl methyl sites for hydroxylation is 1.